The van der Waals surface area contributed by atoms with Crippen LogP contribution < -0.4 is 0 Å². The minimum Gasteiger partial charge on any atom is -0.338 e. The zero-order valence-corrected chi connectivity index (χ0v) is 16.0. The van der Waals surface area contributed by atoms with Crippen molar-refractivity contribution >= 4 is 27.5 Å². The van der Waals surface area contributed by atoms with E-state index in [1.165, 1.54) is 6.07 Å². The number of unbranched alkanes of at least 4 members (excludes halogenated alkanes) is 1. The van der Waals surface area contributed by atoms with Crippen LogP contribution in [0.3, 0.4) is 0 Å². The lowest BCUT2D eigenvalue weighted by Gasteiger charge is -2.28. The number of carbonyl (C=O) groups is 1. The van der Waals surface area contributed by atoms with Crippen LogP contribution in [0.15, 0.2) is 23.4 Å². The quantitative estimate of drug-likeness (QED) is 0.647. The first-order valence-electron chi connectivity index (χ1n) is 8.28. The van der Waals surface area contributed by atoms with Gasteiger partial charge in [-0.1, -0.05) is 25.1 Å². The van der Waals surface area contributed by atoms with Crippen molar-refractivity contribution in [2.45, 2.75) is 43.4 Å². The van der Waals surface area contributed by atoms with E-state index in [9.17, 15) is 26.4 Å². The van der Waals surface area contributed by atoms with Crippen LogP contribution in [0.4, 0.5) is 13.2 Å². The van der Waals surface area contributed by atoms with Gasteiger partial charge in [0, 0.05) is 18.8 Å². The Morgan fingerprint density at radius 2 is 2.12 bits per heavy atom. The molecule has 1 aliphatic rings. The summed E-state index contributed by atoms with van der Waals surface area (Å²) in [6.45, 7) is 2.46. The normalized spacial score (nSPS) is 19.5. The molecule has 0 radical (unpaired) electrons. The van der Waals surface area contributed by atoms with Gasteiger partial charge in [-0.05, 0) is 25.0 Å². The highest BCUT2D eigenvalue weighted by Crippen LogP contribution is 2.29. The minimum absolute atomic E-state index is 0.0125. The van der Waals surface area contributed by atoms with Gasteiger partial charge in [0.1, 0.15) is 0 Å². The van der Waals surface area contributed by atoms with Crippen LogP contribution in [0.5, 0.6) is 0 Å². The lowest BCUT2D eigenvalue weighted by atomic mass is 10.2. The van der Waals surface area contributed by atoms with Gasteiger partial charge in [-0.3, -0.25) is 4.79 Å². The number of carbonyl (C=O) groups excluding carboxylic acids is 1. The monoisotopic (exact) mass is 410 g/mol. The maximum Gasteiger partial charge on any atom is 0.417 e. The Morgan fingerprint density at radius 1 is 1.38 bits per heavy atom. The molecular weight excluding hydrogens is 389 g/mol. The molecule has 26 heavy (non-hydrogen) atoms. The van der Waals surface area contributed by atoms with Crippen molar-refractivity contribution in [1.29, 1.82) is 0 Å². The summed E-state index contributed by atoms with van der Waals surface area (Å²) in [5.74, 6) is -0.141. The van der Waals surface area contributed by atoms with Crippen molar-refractivity contribution < 1.29 is 26.4 Å². The van der Waals surface area contributed by atoms with E-state index in [2.05, 4.69) is 4.98 Å². The molecule has 1 atom stereocenters. The van der Waals surface area contributed by atoms with Crippen LogP contribution in [-0.4, -0.2) is 54.1 Å². The van der Waals surface area contributed by atoms with Crippen molar-refractivity contribution in [3.8, 4) is 0 Å². The molecule has 0 spiro atoms. The number of alkyl halides is 3. The smallest absolute Gasteiger partial charge is 0.338 e. The third kappa shape index (κ3) is 5.87. The van der Waals surface area contributed by atoms with E-state index in [1.807, 2.05) is 6.92 Å². The molecule has 1 aliphatic heterocycles. The summed E-state index contributed by atoms with van der Waals surface area (Å²) in [7, 11) is -3.10. The second-order valence-corrected chi connectivity index (χ2v) is 9.39. The van der Waals surface area contributed by atoms with Gasteiger partial charge in [0.15, 0.2) is 9.84 Å². The fourth-order valence-corrected chi connectivity index (χ4v) is 5.17. The average molecular weight is 410 g/mol. The second-order valence-electron chi connectivity index (χ2n) is 6.17. The van der Waals surface area contributed by atoms with Gasteiger partial charge in [-0.2, -0.15) is 13.2 Å². The molecule has 1 aromatic heterocycles. The lowest BCUT2D eigenvalue weighted by molar-refractivity contribution is -0.138. The van der Waals surface area contributed by atoms with E-state index in [0.717, 1.165) is 36.9 Å². The Morgan fingerprint density at radius 3 is 2.62 bits per heavy atom. The molecule has 1 fully saturated rings. The molecule has 1 unspecified atom stereocenters. The molecule has 1 saturated heterocycles. The number of rotatable bonds is 7. The number of thioether (sulfide) groups is 1. The second kappa shape index (κ2) is 8.60. The van der Waals surface area contributed by atoms with E-state index in [4.69, 9.17) is 0 Å². The largest absolute Gasteiger partial charge is 0.417 e. The minimum atomic E-state index is -4.45. The predicted octanol–water partition coefficient (Wildman–Crippen LogP) is 3.01. The third-order valence-corrected chi connectivity index (χ3v) is 6.81. The Labute approximate surface area is 155 Å². The first-order valence-corrected chi connectivity index (χ1v) is 11.1. The fourth-order valence-electron chi connectivity index (χ4n) is 2.71. The Kier molecular flexibility index (Phi) is 6.95. The van der Waals surface area contributed by atoms with Gasteiger partial charge in [0.05, 0.1) is 27.8 Å². The molecule has 2 heterocycles. The van der Waals surface area contributed by atoms with Gasteiger partial charge >= 0.3 is 6.18 Å². The number of aromatic nitrogens is 1. The SMILES string of the molecule is CCCCN(C(=O)CSc1ccc(C(F)(F)F)cn1)C1CCS(=O)(=O)C1. The summed E-state index contributed by atoms with van der Waals surface area (Å²) in [6.07, 6.45) is -1.63. The summed E-state index contributed by atoms with van der Waals surface area (Å²) in [6, 6.07) is 1.84. The number of hydrogen-bond donors (Lipinski definition) is 0. The maximum absolute atomic E-state index is 12.5. The van der Waals surface area contributed by atoms with Gasteiger partial charge < -0.3 is 4.90 Å². The van der Waals surface area contributed by atoms with Crippen molar-refractivity contribution in [3.05, 3.63) is 23.9 Å². The van der Waals surface area contributed by atoms with Gasteiger partial charge in [-0.15, -0.1) is 0 Å². The molecule has 0 saturated carbocycles. The summed E-state index contributed by atoms with van der Waals surface area (Å²) in [5.41, 5.74) is -0.839. The summed E-state index contributed by atoms with van der Waals surface area (Å²) in [5, 5.41) is 0.320. The van der Waals surface area contributed by atoms with Crippen molar-refractivity contribution in [2.24, 2.45) is 0 Å². The number of hydrogen-bond acceptors (Lipinski definition) is 5. The Bertz CT molecular complexity index is 721. The van der Waals surface area contributed by atoms with Crippen molar-refractivity contribution in [3.63, 3.8) is 0 Å². The zero-order chi connectivity index (χ0) is 19.4. The van der Waals surface area contributed by atoms with E-state index in [0.29, 0.717) is 18.0 Å². The van der Waals surface area contributed by atoms with E-state index < -0.39 is 21.6 Å². The van der Waals surface area contributed by atoms with Crippen molar-refractivity contribution in [1.82, 2.24) is 9.88 Å². The Hall–Kier alpha value is -1.29. The maximum atomic E-state index is 12.5. The van der Waals surface area contributed by atoms with Crippen LogP contribution in [-0.2, 0) is 20.8 Å². The van der Waals surface area contributed by atoms with Crippen LogP contribution in [0, 0.1) is 0 Å². The number of sulfone groups is 1. The van der Waals surface area contributed by atoms with Crippen LogP contribution in [0.2, 0.25) is 0 Å². The zero-order valence-electron chi connectivity index (χ0n) is 14.3. The Balaban J connectivity index is 1.98. The summed E-state index contributed by atoms with van der Waals surface area (Å²) < 4.78 is 61.0. The van der Waals surface area contributed by atoms with E-state index in [1.54, 1.807) is 4.90 Å². The number of nitrogens with zero attached hydrogens (tertiary/aromatic N) is 2. The number of amides is 1. The highest BCUT2D eigenvalue weighted by Gasteiger charge is 2.34. The van der Waals surface area contributed by atoms with Gasteiger partial charge in [0.25, 0.3) is 0 Å². The number of halogens is 3. The lowest BCUT2D eigenvalue weighted by Crippen LogP contribution is -2.42. The molecule has 1 amide bonds. The molecule has 0 aliphatic carbocycles. The van der Waals surface area contributed by atoms with Crippen molar-refractivity contribution in [2.75, 3.05) is 23.8 Å². The molecule has 146 valence electrons. The van der Waals surface area contributed by atoms with Gasteiger partial charge in [0.2, 0.25) is 5.91 Å². The van der Waals surface area contributed by atoms with E-state index in [-0.39, 0.29) is 29.2 Å². The molecule has 10 heteroatoms. The van der Waals surface area contributed by atoms with E-state index >= 15 is 0 Å². The number of pyridine rings is 1. The first-order chi connectivity index (χ1) is 12.1. The highest BCUT2D eigenvalue weighted by atomic mass is 32.2. The van der Waals surface area contributed by atoms with Gasteiger partial charge in [-0.25, -0.2) is 13.4 Å². The standard InChI is InChI=1S/C16H21F3N2O3S2/c1-2-3-7-21(13-6-8-26(23,24)11-13)15(22)10-25-14-5-4-12(9-20-14)16(17,18)19/h4-5,9,13H,2-3,6-8,10-11H2,1H3. The van der Waals surface area contributed by atoms with Crippen LogP contribution in [0.25, 0.3) is 0 Å². The highest BCUT2D eigenvalue weighted by molar-refractivity contribution is 7.99. The summed E-state index contributed by atoms with van der Waals surface area (Å²) >= 11 is 1.05. The molecule has 0 N–H and O–H groups in total. The molecular formula is C16H21F3N2O3S2. The first kappa shape index (κ1) is 21.0. The molecule has 5 nitrogen and oxygen atoms in total. The third-order valence-electron chi connectivity index (χ3n) is 4.13. The molecule has 2 rings (SSSR count). The fraction of sp³-hybridized carbons (Fsp3) is 0.625. The molecule has 1 aromatic rings. The molecule has 0 bridgehead atoms. The molecule has 0 aromatic carbocycles. The average Bonchev–Trinajstić information content (AvgIpc) is 2.92. The predicted molar refractivity (Wildman–Crippen MR) is 93.6 cm³/mol. The van der Waals surface area contributed by atoms with Crippen LogP contribution >= 0.6 is 11.8 Å². The van der Waals surface area contributed by atoms with Crippen LogP contribution in [0.1, 0.15) is 31.7 Å². The summed E-state index contributed by atoms with van der Waals surface area (Å²) in [4.78, 5) is 17.9. The topological polar surface area (TPSA) is 67.3 Å².